The minimum atomic E-state index is -1.07. The van der Waals surface area contributed by atoms with E-state index < -0.39 is 11.9 Å². The molecule has 194 valence electrons. The molecule has 0 aliphatic heterocycles. The Morgan fingerprint density at radius 3 is 1.24 bits per heavy atom. The number of unbranched alkanes of at least 4 members (excludes halogenated alkanes) is 6. The molecule has 0 aliphatic rings. The first-order chi connectivity index (χ1) is 15.7. The molecule has 0 aromatic carbocycles. The van der Waals surface area contributed by atoms with Crippen molar-refractivity contribution in [2.45, 2.75) is 140 Å². The van der Waals surface area contributed by atoms with Crippen LogP contribution in [0.25, 0.3) is 0 Å². The molecule has 0 heterocycles. The Morgan fingerprint density at radius 1 is 0.606 bits per heavy atom. The van der Waals surface area contributed by atoms with Crippen molar-refractivity contribution in [3.05, 3.63) is 11.1 Å². The fourth-order valence-corrected chi connectivity index (χ4v) is 7.72. The molecule has 4 nitrogen and oxygen atoms in total. The van der Waals surface area contributed by atoms with Gasteiger partial charge in [0.05, 0.1) is 0 Å². The Hall–Kier alpha value is -0.521. The van der Waals surface area contributed by atoms with E-state index >= 15 is 0 Å². The average molecular weight is 573 g/mol. The first-order valence-corrected chi connectivity index (χ1v) is 17.6. The van der Waals surface area contributed by atoms with Crippen molar-refractivity contribution >= 4 is 33.1 Å². The zero-order valence-electron chi connectivity index (χ0n) is 22.7. The molecule has 0 fully saturated rings. The number of carboxylic acid groups (broad SMARTS) is 2. The van der Waals surface area contributed by atoms with E-state index in [0.29, 0.717) is 24.7 Å². The quantitative estimate of drug-likeness (QED) is 0.0868. The van der Waals surface area contributed by atoms with Crippen LogP contribution in [-0.2, 0) is 9.59 Å². The van der Waals surface area contributed by atoms with Gasteiger partial charge in [0.1, 0.15) is 0 Å². The topological polar surface area (TPSA) is 74.6 Å². The van der Waals surface area contributed by atoms with Crippen LogP contribution >= 0.6 is 0 Å². The molecule has 0 saturated heterocycles. The van der Waals surface area contributed by atoms with Gasteiger partial charge in [-0.3, -0.25) is 0 Å². The normalized spacial score (nSPS) is 11.9. The van der Waals surface area contributed by atoms with Gasteiger partial charge < -0.3 is 10.2 Å². The maximum atomic E-state index is 11.5. The molecular formula is C28H54O4Sn. The van der Waals surface area contributed by atoms with Crippen LogP contribution in [0.5, 0.6) is 0 Å². The van der Waals surface area contributed by atoms with Gasteiger partial charge in [-0.1, -0.05) is 66.2 Å². The molecule has 0 aliphatic carbocycles. The molecule has 2 radical (unpaired) electrons. The SMILES string of the molecule is CC(C)CCCCC/C(C(=O)O)=C(\CCCCCC(C)C)C(=O)O.CCC[CH2][Sn][CH2]CCC. The second-order valence-electron chi connectivity index (χ2n) is 10.0. The monoisotopic (exact) mass is 574 g/mol. The van der Waals surface area contributed by atoms with Crippen LogP contribution in [0.15, 0.2) is 11.1 Å². The van der Waals surface area contributed by atoms with E-state index in [4.69, 9.17) is 0 Å². The Kier molecular flexibility index (Phi) is 25.8. The van der Waals surface area contributed by atoms with Gasteiger partial charge in [0.2, 0.25) is 0 Å². The standard InChI is InChI=1S/C20H36O4.2C4H9.Sn/c1-15(2)11-7-5-9-13-17(19(21)22)18(20(23)24)14-10-6-8-12-16(3)4;2*1-3-4-2;/h15-16H,5-14H2,1-4H3,(H,21,22)(H,23,24);2*1,3-4H2,2H3;/b18-17-;;;. The molecule has 0 spiro atoms. The summed E-state index contributed by atoms with van der Waals surface area (Å²) >= 11 is 0.149. The van der Waals surface area contributed by atoms with Crippen LogP contribution < -0.4 is 0 Å². The van der Waals surface area contributed by atoms with E-state index in [1.54, 1.807) is 8.87 Å². The summed E-state index contributed by atoms with van der Waals surface area (Å²) in [5, 5.41) is 18.8. The average Bonchev–Trinajstić information content (AvgIpc) is 2.73. The van der Waals surface area contributed by atoms with E-state index in [0.717, 1.165) is 51.4 Å². The molecule has 5 heteroatoms. The predicted octanol–water partition coefficient (Wildman–Crippen LogP) is 8.79. The summed E-state index contributed by atoms with van der Waals surface area (Å²) in [6.07, 6.45) is 14.4. The van der Waals surface area contributed by atoms with Crippen molar-refractivity contribution in [3.8, 4) is 0 Å². The molecule has 0 atom stereocenters. The number of hydrogen-bond acceptors (Lipinski definition) is 2. The second kappa shape index (κ2) is 24.6. The number of hydrogen-bond donors (Lipinski definition) is 2. The molecule has 33 heavy (non-hydrogen) atoms. The van der Waals surface area contributed by atoms with E-state index in [1.165, 1.54) is 25.7 Å². The van der Waals surface area contributed by atoms with Gasteiger partial charge in [0, 0.05) is 11.1 Å². The van der Waals surface area contributed by atoms with Crippen molar-refractivity contribution in [3.63, 3.8) is 0 Å². The second-order valence-corrected chi connectivity index (χ2v) is 14.3. The van der Waals surface area contributed by atoms with Crippen LogP contribution in [0, 0.1) is 11.8 Å². The molecule has 2 N–H and O–H groups in total. The van der Waals surface area contributed by atoms with Crippen molar-refractivity contribution in [1.82, 2.24) is 0 Å². The number of carbonyl (C=O) groups is 2. The fourth-order valence-electron chi connectivity index (χ4n) is 3.56. The predicted molar refractivity (Wildman–Crippen MR) is 143 cm³/mol. The Balaban J connectivity index is 0. The summed E-state index contributed by atoms with van der Waals surface area (Å²) in [5.41, 5.74) is 0.215. The fraction of sp³-hybridized carbons (Fsp3) is 0.857. The Labute approximate surface area is 215 Å². The van der Waals surface area contributed by atoms with Gasteiger partial charge in [-0.25, -0.2) is 9.59 Å². The van der Waals surface area contributed by atoms with Gasteiger partial charge in [0.15, 0.2) is 0 Å². The van der Waals surface area contributed by atoms with Crippen LogP contribution in [-0.4, -0.2) is 43.3 Å². The van der Waals surface area contributed by atoms with Gasteiger partial charge >= 0.3 is 81.5 Å². The minimum absolute atomic E-state index is 0.107. The van der Waals surface area contributed by atoms with Gasteiger partial charge in [-0.05, 0) is 37.5 Å². The van der Waals surface area contributed by atoms with Crippen molar-refractivity contribution in [2.75, 3.05) is 0 Å². The molecule has 0 bridgehead atoms. The summed E-state index contributed by atoms with van der Waals surface area (Å²) in [4.78, 5) is 22.9. The van der Waals surface area contributed by atoms with Crippen molar-refractivity contribution in [1.29, 1.82) is 0 Å². The van der Waals surface area contributed by atoms with Crippen molar-refractivity contribution in [2.24, 2.45) is 11.8 Å². The molecule has 0 saturated carbocycles. The summed E-state index contributed by atoms with van der Waals surface area (Å²) in [6, 6.07) is 0. The van der Waals surface area contributed by atoms with E-state index in [1.807, 2.05) is 0 Å². The summed E-state index contributed by atoms with van der Waals surface area (Å²) in [7, 11) is 0. The molecule has 0 unspecified atom stereocenters. The van der Waals surface area contributed by atoms with Gasteiger partial charge in [-0.15, -0.1) is 0 Å². The van der Waals surface area contributed by atoms with Crippen LogP contribution in [0.1, 0.15) is 131 Å². The molecule has 0 aromatic heterocycles. The van der Waals surface area contributed by atoms with E-state index in [-0.39, 0.29) is 32.3 Å². The van der Waals surface area contributed by atoms with Crippen molar-refractivity contribution < 1.29 is 19.8 Å². The molecule has 0 rings (SSSR count). The summed E-state index contributed by atoms with van der Waals surface area (Å²) in [6.45, 7) is 13.3. The number of carboxylic acids is 2. The first kappa shape index (κ1) is 34.6. The van der Waals surface area contributed by atoms with E-state index in [2.05, 4.69) is 41.5 Å². The van der Waals surface area contributed by atoms with Crippen LogP contribution in [0.3, 0.4) is 0 Å². The Morgan fingerprint density at radius 2 is 0.970 bits per heavy atom. The summed E-state index contributed by atoms with van der Waals surface area (Å²) in [5.74, 6) is -0.836. The van der Waals surface area contributed by atoms with Crippen LogP contribution in [0.2, 0.25) is 8.87 Å². The van der Waals surface area contributed by atoms with E-state index in [9.17, 15) is 19.8 Å². The third-order valence-electron chi connectivity index (χ3n) is 5.71. The van der Waals surface area contributed by atoms with Crippen LogP contribution in [0.4, 0.5) is 0 Å². The molecule has 0 aromatic rings. The third-order valence-corrected chi connectivity index (χ3v) is 9.75. The molecular weight excluding hydrogens is 519 g/mol. The Bertz CT molecular complexity index is 468. The van der Waals surface area contributed by atoms with Gasteiger partial charge in [0.25, 0.3) is 0 Å². The first-order valence-electron chi connectivity index (χ1n) is 13.6. The maximum absolute atomic E-state index is 11.5. The third kappa shape index (κ3) is 24.4. The summed E-state index contributed by atoms with van der Waals surface area (Å²) < 4.78 is 3.25. The molecule has 0 amide bonds. The zero-order valence-corrected chi connectivity index (χ0v) is 25.5. The zero-order chi connectivity index (χ0) is 25.5. The number of rotatable bonds is 20. The van der Waals surface area contributed by atoms with Gasteiger partial charge in [-0.2, -0.15) is 0 Å². The number of aliphatic carboxylic acids is 2.